The molecule has 1 aromatic heterocycles. The third-order valence-electron chi connectivity index (χ3n) is 1.64. The first kappa shape index (κ1) is 12.8. The second-order valence-electron chi connectivity index (χ2n) is 2.50. The smallest absolute Gasteiger partial charge is 0.870 e. The zero-order chi connectivity index (χ0) is 8.39. The van der Waals surface area contributed by atoms with Crippen molar-refractivity contribution in [3.05, 3.63) is 35.2 Å². The van der Waals surface area contributed by atoms with E-state index < -0.39 is 0 Å². The summed E-state index contributed by atoms with van der Waals surface area (Å²) < 4.78 is 0. The molecule has 0 bridgehead atoms. The summed E-state index contributed by atoms with van der Waals surface area (Å²) in [7, 11) is 5.56. The Morgan fingerprint density at radius 2 is 1.71 bits per heavy atom. The molecule has 0 unspecified atom stereocenters. The minimum Gasteiger partial charge on any atom is -0.870 e. The summed E-state index contributed by atoms with van der Waals surface area (Å²) in [6.45, 7) is 0. The average Bonchev–Trinajstić information content (AvgIpc) is 2.58. The van der Waals surface area contributed by atoms with Gasteiger partial charge in [0.1, 0.15) is 0 Å². The van der Waals surface area contributed by atoms with E-state index in [1.54, 1.807) is 11.3 Å². The second kappa shape index (κ2) is 5.54. The molecule has 14 heavy (non-hydrogen) atoms. The van der Waals surface area contributed by atoms with Crippen molar-refractivity contribution in [2.75, 3.05) is 0 Å². The fourth-order valence-electron chi connectivity index (χ4n) is 1.01. The van der Waals surface area contributed by atoms with Crippen LogP contribution in [0.2, 0.25) is 0 Å². The third kappa shape index (κ3) is 2.66. The molecule has 2 aromatic rings. The van der Waals surface area contributed by atoms with E-state index in [9.17, 15) is 0 Å². The Bertz CT molecular complexity index is 361. The Morgan fingerprint density at radius 3 is 2.21 bits per heavy atom. The first-order valence-electron chi connectivity index (χ1n) is 3.60. The molecule has 2 rings (SSSR count). The Labute approximate surface area is 87.5 Å². The summed E-state index contributed by atoms with van der Waals surface area (Å²) in [4.78, 5) is 4.19. The monoisotopic (exact) mass is 205 g/mol. The number of nitrogens with zero attached hydrogens (tertiary/aromatic N) is 1. The summed E-state index contributed by atoms with van der Waals surface area (Å²) >= 11 is 1.60. The molecular formula is C9H8BNO2S. The molecule has 1 aromatic carbocycles. The van der Waals surface area contributed by atoms with Gasteiger partial charge in [0, 0.05) is 0 Å². The van der Waals surface area contributed by atoms with Gasteiger partial charge in [-0.25, -0.2) is 0 Å². The van der Waals surface area contributed by atoms with Crippen LogP contribution in [-0.2, 0) is 0 Å². The number of thiazole rings is 1. The van der Waals surface area contributed by atoms with Crippen LogP contribution in [0.25, 0.3) is 11.3 Å². The summed E-state index contributed by atoms with van der Waals surface area (Å²) in [5.74, 6) is 0. The molecule has 0 amide bonds. The maximum atomic E-state index is 5.56. The maximum Gasteiger partial charge on any atom is -0.870 e. The van der Waals surface area contributed by atoms with E-state index >= 15 is 0 Å². The van der Waals surface area contributed by atoms with Gasteiger partial charge in [0.05, 0.1) is 0 Å². The Hall–Kier alpha value is -1.17. The summed E-state index contributed by atoms with van der Waals surface area (Å²) in [5, 5.41) is 2.02. The molecule has 0 radical (unpaired) electrons. The molecule has 2 N–H and O–H groups in total. The van der Waals surface area contributed by atoms with Gasteiger partial charge in [-0.3, -0.25) is 0 Å². The van der Waals surface area contributed by atoms with Crippen LogP contribution in [0.1, 0.15) is 0 Å². The van der Waals surface area contributed by atoms with Crippen molar-refractivity contribution in [2.45, 2.75) is 0 Å². The Balaban J connectivity index is 0.000000845. The van der Waals surface area contributed by atoms with Crippen LogP contribution in [0, 0.1) is 0 Å². The van der Waals surface area contributed by atoms with Gasteiger partial charge in [-0.2, -0.15) is 0 Å². The largest absolute Gasteiger partial charge is 0.870 e. The predicted octanol–water partition coefficient (Wildman–Crippen LogP) is 1.25. The zero-order valence-corrected chi connectivity index (χ0v) is 8.11. The first-order chi connectivity index (χ1) is 5.86. The molecule has 1 heterocycles. The number of rotatable bonds is 1. The van der Waals surface area contributed by atoms with E-state index in [-0.39, 0.29) is 11.0 Å². The molecule has 0 spiro atoms. The van der Waals surface area contributed by atoms with Gasteiger partial charge in [0.2, 0.25) is 0 Å². The average molecular weight is 205 g/mol. The van der Waals surface area contributed by atoms with Crippen molar-refractivity contribution in [3.63, 3.8) is 0 Å². The number of aromatic nitrogens is 1. The molecule has 0 atom stereocenters. The summed E-state index contributed by atoms with van der Waals surface area (Å²) in [5.41, 5.74) is 4.74. The van der Waals surface area contributed by atoms with Crippen molar-refractivity contribution in [1.29, 1.82) is 0 Å². The van der Waals surface area contributed by atoms with E-state index in [0.717, 1.165) is 16.7 Å². The van der Waals surface area contributed by atoms with E-state index in [2.05, 4.69) is 4.98 Å². The SMILES string of the molecule is [B+2]c1ccc(-c2cscn2)cc1.[OH-].[OH-]. The third-order valence-corrected chi connectivity index (χ3v) is 2.23. The van der Waals surface area contributed by atoms with Gasteiger partial charge < -0.3 is 11.0 Å². The predicted molar refractivity (Wildman–Crippen MR) is 56.8 cm³/mol. The Kier molecular flexibility index (Phi) is 5.08. The van der Waals surface area contributed by atoms with E-state index in [4.69, 9.17) is 7.85 Å². The number of hydrogen-bond donors (Lipinski definition) is 0. The first-order valence-corrected chi connectivity index (χ1v) is 4.54. The number of benzene rings is 1. The van der Waals surface area contributed by atoms with Crippen LogP contribution in [0.5, 0.6) is 0 Å². The van der Waals surface area contributed by atoms with Gasteiger partial charge in [-0.05, 0) is 0 Å². The van der Waals surface area contributed by atoms with Gasteiger partial charge in [0.25, 0.3) is 0 Å². The van der Waals surface area contributed by atoms with E-state index in [1.807, 2.05) is 35.2 Å². The summed E-state index contributed by atoms with van der Waals surface area (Å²) in [6.07, 6.45) is 0. The minimum atomic E-state index is 0. The standard InChI is InChI=1S/C9H6BNS.2H2O/c10-8-3-1-7(2-4-8)9-5-12-6-11-9;;/h1-6H;2*1H2/q+2;;/p-2. The van der Waals surface area contributed by atoms with Crippen LogP contribution in [0.3, 0.4) is 0 Å². The molecule has 0 saturated heterocycles. The zero-order valence-electron chi connectivity index (χ0n) is 7.29. The Morgan fingerprint density at radius 1 is 1.07 bits per heavy atom. The topological polar surface area (TPSA) is 72.9 Å². The molecular weight excluding hydrogens is 197 g/mol. The van der Waals surface area contributed by atoms with Crippen LogP contribution in [0.15, 0.2) is 35.2 Å². The van der Waals surface area contributed by atoms with Crippen LogP contribution in [-0.4, -0.2) is 23.8 Å². The van der Waals surface area contributed by atoms with Gasteiger partial charge in [-0.1, -0.05) is 0 Å². The van der Waals surface area contributed by atoms with Crippen molar-refractivity contribution in [3.8, 4) is 11.3 Å². The molecule has 0 fully saturated rings. The molecule has 3 nitrogen and oxygen atoms in total. The van der Waals surface area contributed by atoms with Crippen molar-refractivity contribution < 1.29 is 11.0 Å². The quantitative estimate of drug-likeness (QED) is 0.657. The van der Waals surface area contributed by atoms with E-state index in [0.29, 0.717) is 0 Å². The van der Waals surface area contributed by atoms with Gasteiger partial charge in [-0.15, -0.1) is 0 Å². The van der Waals surface area contributed by atoms with Gasteiger partial charge in [0.15, 0.2) is 0 Å². The van der Waals surface area contributed by atoms with Crippen LogP contribution in [0.4, 0.5) is 0 Å². The summed E-state index contributed by atoms with van der Waals surface area (Å²) in [6, 6.07) is 7.72. The van der Waals surface area contributed by atoms with Crippen molar-refractivity contribution in [2.24, 2.45) is 0 Å². The molecule has 5 heteroatoms. The fourth-order valence-corrected chi connectivity index (χ4v) is 1.57. The second-order valence-corrected chi connectivity index (χ2v) is 3.21. The van der Waals surface area contributed by atoms with Crippen molar-refractivity contribution in [1.82, 2.24) is 4.98 Å². The minimum absolute atomic E-state index is 0. The van der Waals surface area contributed by atoms with E-state index in [1.165, 1.54) is 0 Å². The van der Waals surface area contributed by atoms with Crippen LogP contribution >= 0.6 is 11.3 Å². The molecule has 0 saturated carbocycles. The normalized spacial score (nSPS) is 8.71. The van der Waals surface area contributed by atoms with Crippen molar-refractivity contribution >= 4 is 24.6 Å². The fraction of sp³-hybridized carbons (Fsp3) is 0. The number of hydrogen-bond acceptors (Lipinski definition) is 4. The molecule has 70 valence electrons. The van der Waals surface area contributed by atoms with Crippen LogP contribution < -0.4 is 5.46 Å². The van der Waals surface area contributed by atoms with Gasteiger partial charge >= 0.3 is 76.0 Å². The molecule has 0 aliphatic carbocycles. The maximum absolute atomic E-state index is 5.56. The molecule has 0 aliphatic heterocycles. The molecule has 0 aliphatic rings.